The summed E-state index contributed by atoms with van der Waals surface area (Å²) in [7, 11) is 1.63. The normalized spacial score (nSPS) is 10.7. The zero-order valence-corrected chi connectivity index (χ0v) is 8.60. The van der Waals surface area contributed by atoms with E-state index in [4.69, 9.17) is 10.5 Å². The SMILES string of the molecule is COc1c(CN)sc2cc(O)ccc12. The second-order valence-corrected chi connectivity index (χ2v) is 4.08. The summed E-state index contributed by atoms with van der Waals surface area (Å²) in [6, 6.07) is 5.22. The molecule has 3 N–H and O–H groups in total. The maximum Gasteiger partial charge on any atom is 0.141 e. The quantitative estimate of drug-likeness (QED) is 0.796. The highest BCUT2D eigenvalue weighted by Crippen LogP contribution is 2.38. The van der Waals surface area contributed by atoms with Gasteiger partial charge in [-0.25, -0.2) is 0 Å². The van der Waals surface area contributed by atoms with Gasteiger partial charge in [-0.15, -0.1) is 11.3 Å². The molecule has 1 heterocycles. The number of hydrogen-bond acceptors (Lipinski definition) is 4. The molecule has 0 aliphatic carbocycles. The number of phenolic OH excluding ortho intramolecular Hbond substituents is 1. The van der Waals surface area contributed by atoms with Gasteiger partial charge in [0.2, 0.25) is 0 Å². The fourth-order valence-electron chi connectivity index (χ4n) is 1.47. The van der Waals surface area contributed by atoms with E-state index in [2.05, 4.69) is 0 Å². The largest absolute Gasteiger partial charge is 0.508 e. The first-order chi connectivity index (χ1) is 6.76. The maximum absolute atomic E-state index is 9.31. The van der Waals surface area contributed by atoms with Crippen molar-refractivity contribution in [2.45, 2.75) is 6.54 Å². The van der Waals surface area contributed by atoms with Crippen LogP contribution < -0.4 is 10.5 Å². The van der Waals surface area contributed by atoms with E-state index >= 15 is 0 Å². The van der Waals surface area contributed by atoms with Gasteiger partial charge in [0.15, 0.2) is 0 Å². The van der Waals surface area contributed by atoms with Crippen molar-refractivity contribution in [2.75, 3.05) is 7.11 Å². The Morgan fingerprint density at radius 2 is 2.29 bits per heavy atom. The molecule has 74 valence electrons. The third-order valence-corrected chi connectivity index (χ3v) is 3.24. The average molecular weight is 209 g/mol. The Hall–Kier alpha value is -1.26. The number of nitrogens with two attached hydrogens (primary N) is 1. The minimum atomic E-state index is 0.268. The predicted octanol–water partition coefficient (Wildman–Crippen LogP) is 2.07. The van der Waals surface area contributed by atoms with Crippen LogP contribution in [0.4, 0.5) is 0 Å². The highest BCUT2D eigenvalue weighted by atomic mass is 32.1. The fraction of sp³-hybridized carbons (Fsp3) is 0.200. The molecular weight excluding hydrogens is 198 g/mol. The van der Waals surface area contributed by atoms with Crippen LogP contribution in [-0.4, -0.2) is 12.2 Å². The average Bonchev–Trinajstić information content (AvgIpc) is 2.54. The number of thiophene rings is 1. The van der Waals surface area contributed by atoms with Crippen LogP contribution in [0.3, 0.4) is 0 Å². The Balaban J connectivity index is 2.73. The van der Waals surface area contributed by atoms with Crippen LogP contribution in [0, 0.1) is 0 Å². The molecule has 2 aromatic rings. The smallest absolute Gasteiger partial charge is 0.141 e. The van der Waals surface area contributed by atoms with Gasteiger partial charge in [-0.2, -0.15) is 0 Å². The molecule has 1 aromatic carbocycles. The number of hydrogen-bond donors (Lipinski definition) is 2. The molecule has 0 fully saturated rings. The van der Waals surface area contributed by atoms with Crippen molar-refractivity contribution in [3.8, 4) is 11.5 Å². The lowest BCUT2D eigenvalue weighted by molar-refractivity contribution is 0.417. The number of benzene rings is 1. The number of fused-ring (bicyclic) bond motifs is 1. The van der Waals surface area contributed by atoms with Gasteiger partial charge < -0.3 is 15.6 Å². The number of methoxy groups -OCH3 is 1. The summed E-state index contributed by atoms with van der Waals surface area (Å²) < 4.78 is 6.28. The molecular formula is C10H11NO2S. The molecule has 14 heavy (non-hydrogen) atoms. The van der Waals surface area contributed by atoms with Crippen LogP contribution in [0.25, 0.3) is 10.1 Å². The van der Waals surface area contributed by atoms with Crippen molar-refractivity contribution in [3.63, 3.8) is 0 Å². The minimum absolute atomic E-state index is 0.268. The second kappa shape index (κ2) is 3.48. The Labute approximate surface area is 85.7 Å². The van der Waals surface area contributed by atoms with Gasteiger partial charge in [0.1, 0.15) is 11.5 Å². The molecule has 1 aromatic heterocycles. The first-order valence-electron chi connectivity index (χ1n) is 4.24. The van der Waals surface area contributed by atoms with E-state index in [1.165, 1.54) is 0 Å². The molecule has 0 atom stereocenters. The first-order valence-corrected chi connectivity index (χ1v) is 5.06. The molecule has 0 amide bonds. The Morgan fingerprint density at radius 1 is 1.50 bits per heavy atom. The lowest BCUT2D eigenvalue weighted by Crippen LogP contribution is -1.95. The van der Waals surface area contributed by atoms with Gasteiger partial charge in [-0.1, -0.05) is 0 Å². The van der Waals surface area contributed by atoms with Crippen LogP contribution in [0.5, 0.6) is 11.5 Å². The minimum Gasteiger partial charge on any atom is -0.508 e. The van der Waals surface area contributed by atoms with Crippen molar-refractivity contribution < 1.29 is 9.84 Å². The molecule has 0 saturated heterocycles. The number of aromatic hydroxyl groups is 1. The first kappa shape index (κ1) is 9.30. The topological polar surface area (TPSA) is 55.5 Å². The molecule has 0 aliphatic heterocycles. The monoisotopic (exact) mass is 209 g/mol. The zero-order valence-electron chi connectivity index (χ0n) is 7.78. The van der Waals surface area contributed by atoms with Gasteiger partial charge in [-0.05, 0) is 18.2 Å². The zero-order chi connectivity index (χ0) is 10.1. The summed E-state index contributed by atoms with van der Waals surface area (Å²) in [5, 5.41) is 10.3. The van der Waals surface area contributed by atoms with E-state index in [1.54, 1.807) is 30.6 Å². The van der Waals surface area contributed by atoms with E-state index < -0.39 is 0 Å². The van der Waals surface area contributed by atoms with Gasteiger partial charge >= 0.3 is 0 Å². The third kappa shape index (κ3) is 1.32. The van der Waals surface area contributed by atoms with Crippen LogP contribution in [0.15, 0.2) is 18.2 Å². The molecule has 3 nitrogen and oxygen atoms in total. The van der Waals surface area contributed by atoms with E-state index in [0.717, 1.165) is 20.7 Å². The van der Waals surface area contributed by atoms with Crippen molar-refractivity contribution in [3.05, 3.63) is 23.1 Å². The van der Waals surface area contributed by atoms with Gasteiger partial charge in [0.25, 0.3) is 0 Å². The molecule has 0 radical (unpaired) electrons. The summed E-state index contributed by atoms with van der Waals surface area (Å²) in [5.74, 6) is 1.09. The van der Waals surface area contributed by atoms with Crippen LogP contribution >= 0.6 is 11.3 Å². The summed E-state index contributed by atoms with van der Waals surface area (Å²) in [6.07, 6.45) is 0. The molecule has 0 bridgehead atoms. The van der Waals surface area contributed by atoms with Crippen LogP contribution in [0.2, 0.25) is 0 Å². The number of ether oxygens (including phenoxy) is 1. The Kier molecular flexibility index (Phi) is 2.31. The molecule has 2 rings (SSSR count). The summed E-state index contributed by atoms with van der Waals surface area (Å²) in [5.41, 5.74) is 5.60. The molecule has 0 unspecified atom stereocenters. The van der Waals surface area contributed by atoms with Gasteiger partial charge in [0.05, 0.1) is 12.0 Å². The Morgan fingerprint density at radius 3 is 2.93 bits per heavy atom. The molecule has 0 saturated carbocycles. The molecule has 0 aliphatic rings. The van der Waals surface area contributed by atoms with Crippen molar-refractivity contribution in [1.29, 1.82) is 0 Å². The predicted molar refractivity (Wildman–Crippen MR) is 57.9 cm³/mol. The number of phenols is 1. The summed E-state index contributed by atoms with van der Waals surface area (Å²) in [6.45, 7) is 0.462. The standard InChI is InChI=1S/C10H11NO2S/c1-13-10-7-3-2-6(12)4-8(7)14-9(10)5-11/h2-4,12H,5,11H2,1H3. The van der Waals surface area contributed by atoms with Crippen molar-refractivity contribution >= 4 is 21.4 Å². The van der Waals surface area contributed by atoms with Gasteiger partial charge in [0, 0.05) is 16.6 Å². The lowest BCUT2D eigenvalue weighted by Gasteiger charge is -1.99. The Bertz CT molecular complexity index is 464. The van der Waals surface area contributed by atoms with Crippen LogP contribution in [-0.2, 0) is 6.54 Å². The van der Waals surface area contributed by atoms with E-state index in [1.807, 2.05) is 6.07 Å². The van der Waals surface area contributed by atoms with Crippen LogP contribution in [0.1, 0.15) is 4.88 Å². The van der Waals surface area contributed by atoms with Crippen molar-refractivity contribution in [2.24, 2.45) is 5.73 Å². The molecule has 4 heteroatoms. The fourth-order valence-corrected chi connectivity index (χ4v) is 2.56. The summed E-state index contributed by atoms with van der Waals surface area (Å²) >= 11 is 1.55. The van der Waals surface area contributed by atoms with Crippen molar-refractivity contribution in [1.82, 2.24) is 0 Å². The highest BCUT2D eigenvalue weighted by Gasteiger charge is 2.11. The summed E-state index contributed by atoms with van der Waals surface area (Å²) in [4.78, 5) is 1.01. The maximum atomic E-state index is 9.31. The third-order valence-electron chi connectivity index (χ3n) is 2.09. The van der Waals surface area contributed by atoms with Gasteiger partial charge in [-0.3, -0.25) is 0 Å². The number of rotatable bonds is 2. The second-order valence-electron chi connectivity index (χ2n) is 2.94. The van der Waals surface area contributed by atoms with E-state index in [9.17, 15) is 5.11 Å². The highest BCUT2D eigenvalue weighted by molar-refractivity contribution is 7.19. The van der Waals surface area contributed by atoms with E-state index in [0.29, 0.717) is 6.54 Å². The molecule has 0 spiro atoms. The lowest BCUT2D eigenvalue weighted by atomic mass is 10.2. The van der Waals surface area contributed by atoms with E-state index in [-0.39, 0.29) is 5.75 Å².